The summed E-state index contributed by atoms with van der Waals surface area (Å²) in [6.45, 7) is 21.4. The van der Waals surface area contributed by atoms with Crippen LogP contribution in [0.2, 0.25) is 0 Å². The van der Waals surface area contributed by atoms with E-state index in [1.165, 1.54) is 0 Å². The van der Waals surface area contributed by atoms with Crippen LogP contribution >= 0.6 is 0 Å². The summed E-state index contributed by atoms with van der Waals surface area (Å²) in [4.78, 5) is 0. The number of ether oxygens (including phenoxy) is 2. The highest BCUT2D eigenvalue weighted by Gasteiger charge is 2.70. The predicted octanol–water partition coefficient (Wildman–Crippen LogP) is 2.19. The highest BCUT2D eigenvalue weighted by molar-refractivity contribution is 5.30. The highest BCUT2D eigenvalue weighted by Crippen LogP contribution is 2.67. The second-order valence-corrected chi connectivity index (χ2v) is 14.7. The van der Waals surface area contributed by atoms with E-state index in [4.69, 9.17) is 9.47 Å². The first-order chi connectivity index (χ1) is 18.5. The van der Waals surface area contributed by atoms with E-state index in [-0.39, 0.29) is 35.9 Å². The molecular formula is C32H52O8. The molecule has 8 nitrogen and oxygen atoms in total. The van der Waals surface area contributed by atoms with Crippen molar-refractivity contribution in [2.45, 2.75) is 116 Å². The molecule has 8 heteroatoms. The number of aliphatic hydroxyl groups excluding tert-OH is 6. The van der Waals surface area contributed by atoms with Gasteiger partial charge in [-0.05, 0) is 74.3 Å². The Kier molecular flexibility index (Phi) is 7.53. The van der Waals surface area contributed by atoms with E-state index in [9.17, 15) is 30.6 Å². The van der Waals surface area contributed by atoms with E-state index in [1.807, 2.05) is 13.8 Å². The Morgan fingerprint density at radius 1 is 0.625 bits per heavy atom. The topological polar surface area (TPSA) is 140 Å². The van der Waals surface area contributed by atoms with Gasteiger partial charge >= 0.3 is 0 Å². The molecule has 228 valence electrons. The van der Waals surface area contributed by atoms with E-state index in [0.717, 1.165) is 11.1 Å². The summed E-state index contributed by atoms with van der Waals surface area (Å²) in [6.07, 6.45) is -1.94. The van der Waals surface area contributed by atoms with Crippen LogP contribution in [0.25, 0.3) is 0 Å². The third kappa shape index (κ3) is 3.66. The van der Waals surface area contributed by atoms with Gasteiger partial charge < -0.3 is 40.1 Å². The van der Waals surface area contributed by atoms with Gasteiger partial charge in [-0.1, -0.05) is 40.9 Å². The molecule has 40 heavy (non-hydrogen) atoms. The number of aliphatic hydroxyl groups is 6. The summed E-state index contributed by atoms with van der Waals surface area (Å²) in [7, 11) is 0. The molecule has 2 aliphatic heterocycles. The van der Waals surface area contributed by atoms with Gasteiger partial charge in [-0.25, -0.2) is 0 Å². The minimum absolute atomic E-state index is 0.0935. The van der Waals surface area contributed by atoms with E-state index in [1.54, 1.807) is 0 Å². The molecule has 6 rings (SSSR count). The lowest BCUT2D eigenvalue weighted by Gasteiger charge is -2.49. The smallest absolute Gasteiger partial charge is 0.0833 e. The first-order valence-electron chi connectivity index (χ1n) is 15.2. The second-order valence-electron chi connectivity index (χ2n) is 14.7. The Labute approximate surface area is 239 Å². The van der Waals surface area contributed by atoms with Crippen molar-refractivity contribution < 1.29 is 40.1 Å². The molecule has 4 saturated carbocycles. The molecule has 0 bridgehead atoms. The molecule has 0 aromatic heterocycles. The SMILES string of the molecule is C=C1CO[C@@H](C)[C@]12C[C@@H]1[C@@H](O)[C@@H](O)C[C@@H](C)[C@]1(C)[C@H]2O.C=C1CO[C@@H](C)[C@]12C[C@@H]1[C@H](O)[C@H](O)C[C@@H](C)[C@]1(C)[C@H]2O. The molecule has 0 unspecified atom stereocenters. The van der Waals surface area contributed by atoms with Gasteiger partial charge in [-0.15, -0.1) is 0 Å². The molecule has 6 aliphatic rings. The molecule has 2 spiro atoms. The fraction of sp³-hybridized carbons (Fsp3) is 0.875. The summed E-state index contributed by atoms with van der Waals surface area (Å²) >= 11 is 0. The standard InChI is InChI=1S/2C16H26O4/c2*1-8-5-12(17)13(18)11-6-16(14(19)15(8,11)4)9(2)7-20-10(16)3/h2*8,10-14,17-19H,2,5-7H2,1,3-4H3/t8-,10+,11-,12+,13-,14-,15+,16+;8-,10+,11-,12-,13+,14-,15+,16+/m11/s1. The molecule has 0 aromatic carbocycles. The van der Waals surface area contributed by atoms with E-state index in [0.29, 0.717) is 38.9 Å². The maximum atomic E-state index is 11.1. The molecule has 2 heterocycles. The second kappa shape index (κ2) is 9.84. The monoisotopic (exact) mass is 564 g/mol. The summed E-state index contributed by atoms with van der Waals surface area (Å²) < 4.78 is 11.4. The van der Waals surface area contributed by atoms with Gasteiger partial charge in [-0.2, -0.15) is 0 Å². The lowest BCUT2D eigenvalue weighted by atomic mass is 9.59. The van der Waals surface area contributed by atoms with Gasteiger partial charge in [0.05, 0.1) is 62.0 Å². The molecule has 4 aliphatic carbocycles. The van der Waals surface area contributed by atoms with Crippen molar-refractivity contribution in [3.05, 3.63) is 24.3 Å². The Morgan fingerprint density at radius 3 is 1.23 bits per heavy atom. The van der Waals surface area contributed by atoms with Crippen LogP contribution in [0.15, 0.2) is 24.3 Å². The lowest BCUT2D eigenvalue weighted by Crippen LogP contribution is -2.54. The summed E-state index contributed by atoms with van der Waals surface area (Å²) in [5.41, 5.74) is 0.119. The lowest BCUT2D eigenvalue weighted by molar-refractivity contribution is -0.143. The van der Waals surface area contributed by atoms with Crippen molar-refractivity contribution in [3.8, 4) is 0 Å². The first-order valence-corrected chi connectivity index (χ1v) is 15.2. The minimum atomic E-state index is -0.772. The van der Waals surface area contributed by atoms with Gasteiger partial charge in [0.15, 0.2) is 0 Å². The Balaban J connectivity index is 0.000000161. The van der Waals surface area contributed by atoms with Gasteiger partial charge in [0, 0.05) is 21.7 Å². The Hall–Kier alpha value is -0.840. The zero-order valence-corrected chi connectivity index (χ0v) is 25.1. The Morgan fingerprint density at radius 2 is 0.950 bits per heavy atom. The van der Waals surface area contributed by atoms with E-state index >= 15 is 0 Å². The number of fused-ring (bicyclic) bond motifs is 2. The van der Waals surface area contributed by atoms with Crippen molar-refractivity contribution in [2.75, 3.05) is 13.2 Å². The predicted molar refractivity (Wildman–Crippen MR) is 150 cm³/mol. The maximum absolute atomic E-state index is 11.1. The van der Waals surface area contributed by atoms with Crippen LogP contribution in [0.5, 0.6) is 0 Å². The van der Waals surface area contributed by atoms with Crippen LogP contribution < -0.4 is 0 Å². The largest absolute Gasteiger partial charge is 0.392 e. The quantitative estimate of drug-likeness (QED) is 0.246. The minimum Gasteiger partial charge on any atom is -0.392 e. The fourth-order valence-corrected chi connectivity index (χ4v) is 10.2. The number of rotatable bonds is 0. The molecule has 2 saturated heterocycles. The number of hydrogen-bond donors (Lipinski definition) is 6. The zero-order chi connectivity index (χ0) is 29.7. The van der Waals surface area contributed by atoms with Crippen molar-refractivity contribution in [1.82, 2.24) is 0 Å². The summed E-state index contributed by atoms with van der Waals surface area (Å²) in [5.74, 6) is 0.0797. The summed E-state index contributed by atoms with van der Waals surface area (Å²) in [6, 6.07) is 0. The third-order valence-electron chi connectivity index (χ3n) is 13.6. The molecule has 0 amide bonds. The zero-order valence-electron chi connectivity index (χ0n) is 25.1. The van der Waals surface area contributed by atoms with Gasteiger partial charge in [-0.3, -0.25) is 0 Å². The first kappa shape index (κ1) is 30.6. The maximum Gasteiger partial charge on any atom is 0.0833 e. The molecular weight excluding hydrogens is 512 g/mol. The third-order valence-corrected chi connectivity index (χ3v) is 13.6. The van der Waals surface area contributed by atoms with E-state index in [2.05, 4.69) is 40.9 Å². The van der Waals surface area contributed by atoms with Crippen LogP contribution in [-0.4, -0.2) is 92.7 Å². The van der Waals surface area contributed by atoms with Gasteiger partial charge in [0.1, 0.15) is 0 Å². The van der Waals surface area contributed by atoms with Crippen molar-refractivity contribution >= 4 is 0 Å². The highest BCUT2D eigenvalue weighted by atomic mass is 16.5. The molecule has 6 N–H and O–H groups in total. The molecule has 0 aromatic rings. The van der Waals surface area contributed by atoms with Gasteiger partial charge in [0.2, 0.25) is 0 Å². The Bertz CT molecular complexity index is 952. The average Bonchev–Trinajstić information content (AvgIpc) is 3.53. The number of hydrogen-bond acceptors (Lipinski definition) is 8. The summed E-state index contributed by atoms with van der Waals surface area (Å²) in [5, 5.41) is 63.2. The van der Waals surface area contributed by atoms with Crippen LogP contribution in [0.4, 0.5) is 0 Å². The normalized spacial score (nSPS) is 59.2. The van der Waals surface area contributed by atoms with Crippen LogP contribution in [-0.2, 0) is 9.47 Å². The van der Waals surface area contributed by atoms with Crippen molar-refractivity contribution in [1.29, 1.82) is 0 Å². The van der Waals surface area contributed by atoms with Crippen molar-refractivity contribution in [2.24, 2.45) is 45.3 Å². The van der Waals surface area contributed by atoms with E-state index < -0.39 is 58.3 Å². The van der Waals surface area contributed by atoms with Crippen LogP contribution in [0.1, 0.15) is 67.2 Å². The van der Waals surface area contributed by atoms with Gasteiger partial charge in [0.25, 0.3) is 0 Å². The van der Waals surface area contributed by atoms with Crippen LogP contribution in [0, 0.1) is 45.3 Å². The van der Waals surface area contributed by atoms with Crippen molar-refractivity contribution in [3.63, 3.8) is 0 Å². The molecule has 6 fully saturated rings. The molecule has 16 atom stereocenters. The fourth-order valence-electron chi connectivity index (χ4n) is 10.2. The molecule has 0 radical (unpaired) electrons. The average molecular weight is 565 g/mol. The van der Waals surface area contributed by atoms with Crippen LogP contribution in [0.3, 0.4) is 0 Å².